The van der Waals surface area contributed by atoms with Crippen LogP contribution in [0.25, 0.3) is 0 Å². The van der Waals surface area contributed by atoms with Crippen molar-refractivity contribution in [3.63, 3.8) is 0 Å². The highest BCUT2D eigenvalue weighted by Crippen LogP contribution is 2.33. The van der Waals surface area contributed by atoms with Gasteiger partial charge in [-0.1, -0.05) is 96.8 Å². The highest BCUT2D eigenvalue weighted by Gasteiger charge is 2.46. The summed E-state index contributed by atoms with van der Waals surface area (Å²) in [6.07, 6.45) is 3.95. The van der Waals surface area contributed by atoms with E-state index in [1.165, 1.54) is 34.1 Å². The van der Waals surface area contributed by atoms with Gasteiger partial charge in [0.15, 0.2) is 0 Å². The van der Waals surface area contributed by atoms with Crippen LogP contribution in [0.1, 0.15) is 99.6 Å². The molecule has 4 aromatic rings. The van der Waals surface area contributed by atoms with Crippen molar-refractivity contribution in [2.24, 2.45) is 0 Å². The lowest BCUT2D eigenvalue weighted by molar-refractivity contribution is -0.141. The van der Waals surface area contributed by atoms with Gasteiger partial charge in [0.2, 0.25) is 55.5 Å². The van der Waals surface area contributed by atoms with Crippen LogP contribution in [0.2, 0.25) is 0 Å². The summed E-state index contributed by atoms with van der Waals surface area (Å²) < 4.78 is 59.8. The Balaban J connectivity index is 1.03. The summed E-state index contributed by atoms with van der Waals surface area (Å²) in [4.78, 5) is 88.1. The van der Waals surface area contributed by atoms with E-state index in [0.717, 1.165) is 47.9 Å². The zero-order valence-electron chi connectivity index (χ0n) is 46.4. The molecule has 0 spiro atoms. The number of likely N-dealkylation sites (tertiary alicyclic amines) is 2. The fourth-order valence-electron chi connectivity index (χ4n) is 11.0. The maximum absolute atomic E-state index is 14.9. The van der Waals surface area contributed by atoms with Gasteiger partial charge in [-0.2, -0.15) is 0 Å². The molecule has 4 aromatic carbocycles. The summed E-state index contributed by atoms with van der Waals surface area (Å²) in [5.74, 6) is 7.68. The summed E-state index contributed by atoms with van der Waals surface area (Å²) >= 11 is 0. The molecular formula is C60H72N10O10S2. The molecule has 20 nitrogen and oxygen atoms in total. The Morgan fingerprint density at radius 3 is 1.28 bits per heavy atom. The Morgan fingerprint density at radius 2 is 0.902 bits per heavy atom. The van der Waals surface area contributed by atoms with Crippen molar-refractivity contribution in [3.05, 3.63) is 131 Å². The fraction of sp³-hybridized carbons (Fsp3) is 0.433. The Kier molecular flexibility index (Phi) is 20.4. The Labute approximate surface area is 480 Å². The number of carbonyl (C=O) groups is 6. The van der Waals surface area contributed by atoms with Crippen LogP contribution in [0.15, 0.2) is 119 Å². The second-order valence-corrected chi connectivity index (χ2v) is 24.6. The first-order valence-corrected chi connectivity index (χ1v) is 30.8. The van der Waals surface area contributed by atoms with Crippen molar-refractivity contribution >= 4 is 55.5 Å². The minimum atomic E-state index is -4.08. The number of likely N-dealkylation sites (N-methyl/N-ethyl adjacent to an activating group) is 2. The minimum absolute atomic E-state index is 0.00939. The van der Waals surface area contributed by atoms with Crippen LogP contribution in [-0.4, -0.2) is 138 Å². The highest BCUT2D eigenvalue weighted by atomic mass is 32.2. The van der Waals surface area contributed by atoms with Gasteiger partial charge in [-0.3, -0.25) is 28.8 Å². The van der Waals surface area contributed by atoms with E-state index in [4.69, 9.17) is 0 Å². The van der Waals surface area contributed by atoms with Crippen LogP contribution in [0.3, 0.4) is 0 Å². The maximum Gasteiger partial charge on any atom is 0.246 e. The number of aryl methyl sites for hydroxylation is 2. The molecule has 2 heterocycles. The Bertz CT molecular complexity index is 3130. The predicted molar refractivity (Wildman–Crippen MR) is 308 cm³/mol. The van der Waals surface area contributed by atoms with Gasteiger partial charge in [-0.15, -0.1) is 0 Å². The molecule has 22 heteroatoms. The molecule has 0 aromatic heterocycles. The Morgan fingerprint density at radius 1 is 0.537 bits per heavy atom. The van der Waals surface area contributed by atoms with Gasteiger partial charge in [0.1, 0.15) is 24.2 Å². The van der Waals surface area contributed by atoms with Crippen LogP contribution >= 0.6 is 0 Å². The summed E-state index contributed by atoms with van der Waals surface area (Å²) in [5.41, 5.74) is 4.14. The lowest BCUT2D eigenvalue weighted by Crippen LogP contribution is -2.55. The molecule has 8 rings (SSSR count). The highest BCUT2D eigenvalue weighted by molar-refractivity contribution is 7.89. The SMILES string of the molecule is CNC(C)C(=O)NC(CC#CC#CCC(NC(=O)C(C)NC)C(=O)N1CC(NS(=O)(=O)c2ccccc2)CC1C(=O)NC1CCCc2ccccc21)C(=O)N1CC(NS(=O)(=O)c2ccccc2)CC1C(=O)NC1CCCc2ccccc21. The first-order chi connectivity index (χ1) is 39.4. The third kappa shape index (κ3) is 15.0. The average molecular weight is 1160 g/mol. The predicted octanol–water partition coefficient (Wildman–Crippen LogP) is 2.24. The number of amides is 6. The van der Waals surface area contributed by atoms with Crippen molar-refractivity contribution < 1.29 is 45.6 Å². The van der Waals surface area contributed by atoms with Crippen molar-refractivity contribution in [1.29, 1.82) is 0 Å². The standard InChI is InChI=1S/C60H72N10O10S2/c1-39(61-3)55(71)65-51(59(75)69-37-43(67-81(77,78)45-25-9-7-10-26-45)35-53(69)57(73)63-49-33-19-23-41-21-15-17-29-47(41)49)31-13-5-6-14-32-52(66-56(72)40(2)62-4)60(76)70-38-44(68-82(79,80)46-27-11-8-12-28-46)36-54(70)58(74)64-50-34-20-24-42-22-16-18-30-48(42)50/h7-12,15-18,21-22,25-30,39-40,43-44,49-54,61-62,67-68H,19-20,23-24,31-38H2,1-4H3,(H,63,73)(H,64,74)(H,65,71)(H,66,72). The molecule has 2 fully saturated rings. The monoisotopic (exact) mass is 1160 g/mol. The second kappa shape index (κ2) is 27.6. The van der Waals surface area contributed by atoms with Gasteiger partial charge in [0.25, 0.3) is 0 Å². The van der Waals surface area contributed by atoms with Gasteiger partial charge in [0.05, 0.1) is 34.0 Å². The topological polar surface area (TPSA) is 273 Å². The number of hydrogen-bond acceptors (Lipinski definition) is 12. The molecule has 2 saturated heterocycles. The van der Waals surface area contributed by atoms with E-state index in [2.05, 4.69) is 65.0 Å². The van der Waals surface area contributed by atoms with E-state index in [-0.39, 0.29) is 60.6 Å². The smallest absolute Gasteiger partial charge is 0.246 e. The van der Waals surface area contributed by atoms with Gasteiger partial charge >= 0.3 is 0 Å². The van der Waals surface area contributed by atoms with Gasteiger partial charge < -0.3 is 41.7 Å². The van der Waals surface area contributed by atoms with E-state index < -0.39 is 104 Å². The molecule has 10 unspecified atom stereocenters. The third-order valence-corrected chi connectivity index (χ3v) is 18.7. The normalized spacial score (nSPS) is 21.8. The molecule has 2 aliphatic heterocycles. The van der Waals surface area contributed by atoms with Gasteiger partial charge in [0, 0.05) is 38.0 Å². The Hall–Kier alpha value is -7.44. The molecule has 0 bridgehead atoms. The summed E-state index contributed by atoms with van der Waals surface area (Å²) in [6.45, 7) is 2.79. The molecule has 0 saturated carbocycles. The summed E-state index contributed by atoms with van der Waals surface area (Å²) in [7, 11) is -5.02. The van der Waals surface area contributed by atoms with Crippen molar-refractivity contribution in [2.75, 3.05) is 27.2 Å². The number of nitrogens with zero attached hydrogens (tertiary/aromatic N) is 2. The quantitative estimate of drug-likeness (QED) is 0.0593. The summed E-state index contributed by atoms with van der Waals surface area (Å²) in [6, 6.07) is 22.2. The molecule has 2 aliphatic carbocycles. The zero-order valence-corrected chi connectivity index (χ0v) is 48.1. The number of carbonyl (C=O) groups excluding carboxylic acids is 6. The first-order valence-electron chi connectivity index (χ1n) is 27.8. The molecule has 6 amide bonds. The lowest BCUT2D eigenvalue weighted by Gasteiger charge is -2.31. The van der Waals surface area contributed by atoms with E-state index >= 15 is 0 Å². The van der Waals surface area contributed by atoms with Gasteiger partial charge in [-0.25, -0.2) is 26.3 Å². The number of rotatable bonds is 20. The van der Waals surface area contributed by atoms with Crippen molar-refractivity contribution in [1.82, 2.24) is 51.1 Å². The van der Waals surface area contributed by atoms with Crippen LogP contribution in [0.5, 0.6) is 0 Å². The van der Waals surface area contributed by atoms with Crippen molar-refractivity contribution in [2.45, 2.75) is 148 Å². The molecule has 10 atom stereocenters. The molecule has 434 valence electrons. The third-order valence-electron chi connectivity index (χ3n) is 15.6. The number of nitrogens with one attached hydrogen (secondary N) is 8. The molecular weight excluding hydrogens is 1080 g/mol. The minimum Gasteiger partial charge on any atom is -0.347 e. The van der Waals surface area contributed by atoms with Crippen LogP contribution < -0.4 is 41.3 Å². The van der Waals surface area contributed by atoms with Crippen molar-refractivity contribution in [3.8, 4) is 23.7 Å². The number of benzene rings is 4. The van der Waals surface area contributed by atoms with E-state index in [1.807, 2.05) is 48.5 Å². The molecule has 4 aliphatic rings. The van der Waals surface area contributed by atoms with E-state index in [0.29, 0.717) is 12.8 Å². The maximum atomic E-state index is 14.9. The zero-order chi connectivity index (χ0) is 58.6. The van der Waals surface area contributed by atoms with Crippen LogP contribution in [-0.2, 0) is 61.7 Å². The van der Waals surface area contributed by atoms with Gasteiger partial charge in [-0.05, 0) is 138 Å². The average Bonchev–Trinajstić information content (AvgIpc) is 4.32. The fourth-order valence-corrected chi connectivity index (χ4v) is 13.5. The molecule has 8 N–H and O–H groups in total. The largest absolute Gasteiger partial charge is 0.347 e. The van der Waals surface area contributed by atoms with Crippen LogP contribution in [0, 0.1) is 23.7 Å². The second-order valence-electron chi connectivity index (χ2n) is 21.2. The summed E-state index contributed by atoms with van der Waals surface area (Å²) in [5, 5.41) is 17.5. The van der Waals surface area contributed by atoms with Crippen LogP contribution in [0.4, 0.5) is 0 Å². The molecule has 82 heavy (non-hydrogen) atoms. The lowest BCUT2D eigenvalue weighted by atomic mass is 9.87. The number of fused-ring (bicyclic) bond motifs is 2. The van der Waals surface area contributed by atoms with E-state index in [9.17, 15) is 45.6 Å². The number of sulfonamides is 2. The number of hydrogen-bond donors (Lipinski definition) is 8. The van der Waals surface area contributed by atoms with E-state index in [1.54, 1.807) is 64.3 Å². The first kappa shape index (κ1) is 60.7. The molecule has 0 radical (unpaired) electrons.